The van der Waals surface area contributed by atoms with E-state index in [0.29, 0.717) is 0 Å². The number of ether oxygens (including phenoxy) is 1. The second-order valence-electron chi connectivity index (χ2n) is 5.22. The lowest BCUT2D eigenvalue weighted by Crippen LogP contribution is -2.42. The van der Waals surface area contributed by atoms with E-state index in [1.807, 2.05) is 6.07 Å². The smallest absolute Gasteiger partial charge is 0.326 e. The van der Waals surface area contributed by atoms with Crippen LogP contribution in [0.25, 0.3) is 0 Å². The fourth-order valence-electron chi connectivity index (χ4n) is 2.01. The van der Waals surface area contributed by atoms with E-state index >= 15 is 0 Å². The lowest BCUT2D eigenvalue weighted by molar-refractivity contribution is -0.150. The lowest BCUT2D eigenvalue weighted by atomic mass is 10.1. The Morgan fingerprint density at radius 2 is 1.68 bits per heavy atom. The first-order valence-electron chi connectivity index (χ1n) is 7.44. The van der Waals surface area contributed by atoms with Crippen molar-refractivity contribution >= 4 is 17.8 Å². The molecule has 0 aliphatic heterocycles. The van der Waals surface area contributed by atoms with Crippen molar-refractivity contribution < 1.29 is 28.6 Å². The quantitative estimate of drug-likeness (QED) is 0.750. The van der Waals surface area contributed by atoms with Crippen molar-refractivity contribution in [3.63, 3.8) is 0 Å². The molecule has 1 atom stereocenters. The number of halogens is 1. The highest BCUT2D eigenvalue weighted by Gasteiger charge is 2.24. The van der Waals surface area contributed by atoms with Crippen LogP contribution in [-0.4, -0.2) is 29.0 Å². The molecule has 2 rings (SSSR count). The van der Waals surface area contributed by atoms with Crippen molar-refractivity contribution in [1.29, 1.82) is 0 Å². The van der Waals surface area contributed by atoms with Crippen molar-refractivity contribution in [2.24, 2.45) is 0 Å². The van der Waals surface area contributed by atoms with E-state index < -0.39 is 36.1 Å². The summed E-state index contributed by atoms with van der Waals surface area (Å²) < 4.78 is 17.9. The van der Waals surface area contributed by atoms with Crippen molar-refractivity contribution in [3.8, 4) is 0 Å². The summed E-state index contributed by atoms with van der Waals surface area (Å²) >= 11 is 0. The van der Waals surface area contributed by atoms with E-state index in [9.17, 15) is 18.8 Å². The molecule has 2 aromatic carbocycles. The molecule has 0 heterocycles. The third-order valence-corrected chi connectivity index (χ3v) is 3.32. The second kappa shape index (κ2) is 8.58. The van der Waals surface area contributed by atoms with Gasteiger partial charge in [-0.1, -0.05) is 30.3 Å². The summed E-state index contributed by atoms with van der Waals surface area (Å²) in [6, 6.07) is 12.1. The molecule has 0 aromatic heterocycles. The highest BCUT2D eigenvalue weighted by atomic mass is 19.1. The van der Waals surface area contributed by atoms with Crippen LogP contribution in [0.2, 0.25) is 0 Å². The fraction of sp³-hybridized carbons (Fsp3) is 0.167. The van der Waals surface area contributed by atoms with Gasteiger partial charge in [-0.25, -0.2) is 9.18 Å². The lowest BCUT2D eigenvalue weighted by Gasteiger charge is -2.14. The van der Waals surface area contributed by atoms with Gasteiger partial charge in [0.05, 0.1) is 6.42 Å². The summed E-state index contributed by atoms with van der Waals surface area (Å²) in [6.45, 7) is 0.0118. The number of aliphatic carboxylic acids is 1. The number of carboxylic acid groups (broad SMARTS) is 1. The van der Waals surface area contributed by atoms with Crippen molar-refractivity contribution in [2.75, 3.05) is 0 Å². The van der Waals surface area contributed by atoms with Crippen molar-refractivity contribution in [3.05, 3.63) is 71.5 Å². The molecule has 7 heteroatoms. The number of amides is 1. The van der Waals surface area contributed by atoms with Crippen LogP contribution in [0.4, 0.5) is 4.39 Å². The van der Waals surface area contributed by atoms with E-state index in [-0.39, 0.29) is 12.2 Å². The molecule has 0 saturated heterocycles. The van der Waals surface area contributed by atoms with E-state index in [1.54, 1.807) is 24.3 Å². The predicted octanol–water partition coefficient (Wildman–Crippen LogP) is 2.14. The maximum Gasteiger partial charge on any atom is 0.326 e. The van der Waals surface area contributed by atoms with E-state index in [4.69, 9.17) is 9.84 Å². The van der Waals surface area contributed by atoms with Crippen molar-refractivity contribution in [1.82, 2.24) is 5.32 Å². The molecule has 25 heavy (non-hydrogen) atoms. The van der Waals surface area contributed by atoms with Gasteiger partial charge >= 0.3 is 11.9 Å². The van der Waals surface area contributed by atoms with Gasteiger partial charge in [0.15, 0.2) is 0 Å². The summed E-state index contributed by atoms with van der Waals surface area (Å²) in [5.41, 5.74) is 0.850. The van der Waals surface area contributed by atoms with Gasteiger partial charge in [0.2, 0.25) is 0 Å². The van der Waals surface area contributed by atoms with E-state index in [0.717, 1.165) is 17.7 Å². The molecule has 0 bridgehead atoms. The number of carbonyl (C=O) groups is 3. The Bertz CT molecular complexity index is 746. The molecule has 6 nitrogen and oxygen atoms in total. The number of esters is 1. The zero-order valence-electron chi connectivity index (χ0n) is 13.1. The highest BCUT2D eigenvalue weighted by molar-refractivity contribution is 5.97. The largest absolute Gasteiger partial charge is 0.480 e. The molecule has 2 aromatic rings. The number of carboxylic acids is 1. The van der Waals surface area contributed by atoms with Gasteiger partial charge in [0, 0.05) is 5.56 Å². The van der Waals surface area contributed by atoms with Crippen LogP contribution in [0, 0.1) is 5.82 Å². The van der Waals surface area contributed by atoms with Gasteiger partial charge in [0.1, 0.15) is 18.5 Å². The minimum absolute atomic E-state index is 0.0118. The molecule has 0 fully saturated rings. The summed E-state index contributed by atoms with van der Waals surface area (Å²) in [5, 5.41) is 11.4. The Morgan fingerprint density at radius 3 is 2.28 bits per heavy atom. The summed E-state index contributed by atoms with van der Waals surface area (Å²) in [7, 11) is 0. The molecule has 0 radical (unpaired) electrons. The molecule has 0 aliphatic carbocycles. The Labute approximate surface area is 143 Å². The molecule has 0 saturated carbocycles. The number of nitrogens with one attached hydrogen (secondary N) is 1. The predicted molar refractivity (Wildman–Crippen MR) is 86.1 cm³/mol. The van der Waals surface area contributed by atoms with Crippen LogP contribution >= 0.6 is 0 Å². The first kappa shape index (κ1) is 18.1. The van der Waals surface area contributed by atoms with Gasteiger partial charge in [0.25, 0.3) is 5.91 Å². The highest BCUT2D eigenvalue weighted by Crippen LogP contribution is 2.06. The van der Waals surface area contributed by atoms with Crippen LogP contribution in [0.5, 0.6) is 0 Å². The maximum absolute atomic E-state index is 12.9. The Kier molecular flexibility index (Phi) is 6.22. The molecule has 0 aliphatic rings. The van der Waals surface area contributed by atoms with Crippen LogP contribution in [0.1, 0.15) is 22.3 Å². The Hall–Kier alpha value is -3.22. The molecule has 0 unspecified atom stereocenters. The first-order chi connectivity index (χ1) is 12.0. The molecule has 0 spiro atoms. The normalized spacial score (nSPS) is 11.4. The fourth-order valence-corrected chi connectivity index (χ4v) is 2.01. The second-order valence-corrected chi connectivity index (χ2v) is 5.22. The minimum Gasteiger partial charge on any atom is -0.480 e. The van der Waals surface area contributed by atoms with Crippen LogP contribution < -0.4 is 5.32 Å². The third-order valence-electron chi connectivity index (χ3n) is 3.32. The number of rotatable bonds is 7. The number of hydrogen-bond acceptors (Lipinski definition) is 4. The van der Waals surface area contributed by atoms with Gasteiger partial charge in [-0.15, -0.1) is 0 Å². The summed E-state index contributed by atoms with van der Waals surface area (Å²) in [4.78, 5) is 35.0. The van der Waals surface area contributed by atoms with Gasteiger partial charge in [-0.3, -0.25) is 9.59 Å². The van der Waals surface area contributed by atoms with Gasteiger partial charge < -0.3 is 15.2 Å². The molecular weight excluding hydrogens is 329 g/mol. The van der Waals surface area contributed by atoms with Crippen LogP contribution in [0.15, 0.2) is 54.6 Å². The Balaban J connectivity index is 1.91. The average Bonchev–Trinajstić information content (AvgIpc) is 2.60. The third kappa shape index (κ3) is 5.72. The topological polar surface area (TPSA) is 92.7 Å². The van der Waals surface area contributed by atoms with E-state index in [1.165, 1.54) is 12.1 Å². The van der Waals surface area contributed by atoms with Crippen LogP contribution in [-0.2, 0) is 20.9 Å². The zero-order valence-corrected chi connectivity index (χ0v) is 13.1. The average molecular weight is 345 g/mol. The number of benzene rings is 2. The molecular formula is C18H16FNO5. The molecule has 2 N–H and O–H groups in total. The Morgan fingerprint density at radius 1 is 1.04 bits per heavy atom. The standard InChI is InChI=1S/C18H16FNO5/c19-14-8-6-13(7-9-14)17(22)20-15(18(23)24)10-16(21)25-11-12-4-2-1-3-5-12/h1-9,15H,10-11H2,(H,20,22)(H,23,24)/t15-/m1/s1. The van der Waals surface area contributed by atoms with Gasteiger partial charge in [-0.05, 0) is 29.8 Å². The summed E-state index contributed by atoms with van der Waals surface area (Å²) in [5.74, 6) is -3.36. The number of carbonyl (C=O) groups excluding carboxylic acids is 2. The number of hydrogen-bond donors (Lipinski definition) is 2. The molecule has 1 amide bonds. The SMILES string of the molecule is O=C(C[C@@H](NC(=O)c1ccc(F)cc1)C(=O)O)OCc1ccccc1. The van der Waals surface area contributed by atoms with Crippen molar-refractivity contribution in [2.45, 2.75) is 19.1 Å². The monoisotopic (exact) mass is 345 g/mol. The van der Waals surface area contributed by atoms with E-state index in [2.05, 4.69) is 5.32 Å². The maximum atomic E-state index is 12.9. The summed E-state index contributed by atoms with van der Waals surface area (Å²) in [6.07, 6.45) is -0.519. The first-order valence-corrected chi connectivity index (χ1v) is 7.44. The zero-order chi connectivity index (χ0) is 18.2. The molecule has 130 valence electrons. The van der Waals surface area contributed by atoms with Gasteiger partial charge in [-0.2, -0.15) is 0 Å². The van der Waals surface area contributed by atoms with Crippen LogP contribution in [0.3, 0.4) is 0 Å². The minimum atomic E-state index is -1.44.